The summed E-state index contributed by atoms with van der Waals surface area (Å²) < 4.78 is 2.01. The van der Waals surface area contributed by atoms with Crippen LogP contribution >= 0.6 is 0 Å². The van der Waals surface area contributed by atoms with E-state index < -0.39 is 0 Å². The topological polar surface area (TPSA) is 66.6 Å². The third-order valence-electron chi connectivity index (χ3n) is 1.88. The minimum Gasteiger partial charge on any atom is -0.335 e. The molecule has 0 saturated heterocycles. The summed E-state index contributed by atoms with van der Waals surface area (Å²) in [6.07, 6.45) is 4.52. The summed E-state index contributed by atoms with van der Waals surface area (Å²) in [7, 11) is 0. The molecule has 1 aromatic heterocycles. The molecule has 1 atom stereocenters. The Hall–Kier alpha value is -1.48. The van der Waals surface area contributed by atoms with Crippen molar-refractivity contribution in [1.29, 1.82) is 0 Å². The summed E-state index contributed by atoms with van der Waals surface area (Å²) in [4.78, 5) is 6.86. The summed E-state index contributed by atoms with van der Waals surface area (Å²) >= 11 is 0. The van der Waals surface area contributed by atoms with E-state index in [1.54, 1.807) is 6.20 Å². The van der Waals surface area contributed by atoms with E-state index in [1.807, 2.05) is 10.8 Å². The molecule has 56 valence electrons. The quantitative estimate of drug-likeness (QED) is 0.340. The van der Waals surface area contributed by atoms with Crippen LogP contribution in [0.4, 0.5) is 0 Å². The van der Waals surface area contributed by atoms with Crippen molar-refractivity contribution >= 4 is 0 Å². The highest BCUT2D eigenvalue weighted by molar-refractivity contribution is 5.04. The fourth-order valence-corrected chi connectivity index (χ4v) is 1.37. The lowest BCUT2D eigenvalue weighted by Gasteiger charge is -1.95. The van der Waals surface area contributed by atoms with Gasteiger partial charge in [0.15, 0.2) is 0 Å². The Kier molecular flexibility index (Phi) is 1.30. The molecule has 11 heavy (non-hydrogen) atoms. The molecule has 0 amide bonds. The van der Waals surface area contributed by atoms with Gasteiger partial charge in [0, 0.05) is 23.9 Å². The molecule has 0 radical (unpaired) electrons. The molecular weight excluding hydrogens is 142 g/mol. The van der Waals surface area contributed by atoms with Gasteiger partial charge in [-0.1, -0.05) is 5.11 Å². The van der Waals surface area contributed by atoms with Crippen LogP contribution in [0.3, 0.4) is 0 Å². The lowest BCUT2D eigenvalue weighted by molar-refractivity contribution is 0.674. The molecule has 2 rings (SSSR count). The minimum atomic E-state index is -0.0463. The van der Waals surface area contributed by atoms with Gasteiger partial charge in [-0.25, -0.2) is 4.98 Å². The molecule has 1 aromatic rings. The van der Waals surface area contributed by atoms with E-state index in [4.69, 9.17) is 5.53 Å². The Morgan fingerprint density at radius 2 is 2.73 bits per heavy atom. The van der Waals surface area contributed by atoms with Gasteiger partial charge < -0.3 is 4.57 Å². The van der Waals surface area contributed by atoms with Gasteiger partial charge in [-0.2, -0.15) is 0 Å². The number of aryl methyl sites for hydroxylation is 1. The number of azide groups is 1. The third-order valence-corrected chi connectivity index (χ3v) is 1.88. The highest BCUT2D eigenvalue weighted by Crippen LogP contribution is 2.26. The van der Waals surface area contributed by atoms with Crippen molar-refractivity contribution in [2.45, 2.75) is 19.0 Å². The Morgan fingerprint density at radius 3 is 3.55 bits per heavy atom. The van der Waals surface area contributed by atoms with Crippen LogP contribution in [0.1, 0.15) is 18.3 Å². The van der Waals surface area contributed by atoms with Crippen LogP contribution < -0.4 is 0 Å². The predicted octanol–water partition coefficient (Wildman–Crippen LogP) is 1.64. The van der Waals surface area contributed by atoms with Crippen molar-refractivity contribution in [3.05, 3.63) is 28.7 Å². The molecule has 0 bridgehead atoms. The summed E-state index contributed by atoms with van der Waals surface area (Å²) in [5.74, 6) is 0.891. The van der Waals surface area contributed by atoms with Crippen LogP contribution in [0.2, 0.25) is 0 Å². The number of hydrogen-bond donors (Lipinski definition) is 0. The van der Waals surface area contributed by atoms with Gasteiger partial charge >= 0.3 is 0 Å². The normalized spacial score (nSPS) is 20.9. The lowest BCUT2D eigenvalue weighted by Crippen LogP contribution is -1.90. The standard InChI is InChI=1S/C6H7N5/c7-10-9-5-1-3-11-4-2-8-6(5)11/h2,4-5H,1,3H2. The Labute approximate surface area is 63.3 Å². The van der Waals surface area contributed by atoms with Gasteiger partial charge in [-0.15, -0.1) is 0 Å². The monoisotopic (exact) mass is 149 g/mol. The van der Waals surface area contributed by atoms with E-state index in [-0.39, 0.29) is 6.04 Å². The average molecular weight is 149 g/mol. The first-order valence-electron chi connectivity index (χ1n) is 3.47. The smallest absolute Gasteiger partial charge is 0.117 e. The molecule has 1 unspecified atom stereocenters. The maximum Gasteiger partial charge on any atom is 0.117 e. The van der Waals surface area contributed by atoms with Gasteiger partial charge in [0.25, 0.3) is 0 Å². The zero-order chi connectivity index (χ0) is 7.68. The second kappa shape index (κ2) is 2.29. The predicted molar refractivity (Wildman–Crippen MR) is 38.7 cm³/mol. The van der Waals surface area contributed by atoms with Crippen LogP contribution in [0.5, 0.6) is 0 Å². The SMILES string of the molecule is [N-]=[N+]=NC1CCn2ccnc21. The van der Waals surface area contributed by atoms with E-state index in [0.29, 0.717) is 0 Å². The second-order valence-corrected chi connectivity index (χ2v) is 2.49. The van der Waals surface area contributed by atoms with Crippen molar-refractivity contribution < 1.29 is 0 Å². The molecule has 1 aliphatic heterocycles. The van der Waals surface area contributed by atoms with Crippen LogP contribution in [-0.2, 0) is 6.54 Å². The number of hydrogen-bond acceptors (Lipinski definition) is 2. The van der Waals surface area contributed by atoms with Crippen LogP contribution in [0.15, 0.2) is 17.5 Å². The van der Waals surface area contributed by atoms with E-state index in [9.17, 15) is 0 Å². The second-order valence-electron chi connectivity index (χ2n) is 2.49. The Bertz CT molecular complexity index is 309. The zero-order valence-corrected chi connectivity index (χ0v) is 5.88. The lowest BCUT2D eigenvalue weighted by atomic mass is 10.3. The fraction of sp³-hybridized carbons (Fsp3) is 0.500. The van der Waals surface area contributed by atoms with Gasteiger partial charge in [-0.3, -0.25) is 0 Å². The molecule has 5 heteroatoms. The first-order chi connectivity index (χ1) is 5.42. The molecule has 1 aliphatic rings. The highest BCUT2D eigenvalue weighted by atomic mass is 15.2. The molecule has 0 aliphatic carbocycles. The maximum atomic E-state index is 8.21. The number of fused-ring (bicyclic) bond motifs is 1. The van der Waals surface area contributed by atoms with Crippen molar-refractivity contribution in [3.63, 3.8) is 0 Å². The number of rotatable bonds is 1. The first-order valence-corrected chi connectivity index (χ1v) is 3.47. The number of nitrogens with zero attached hydrogens (tertiary/aromatic N) is 5. The third kappa shape index (κ3) is 0.860. The van der Waals surface area contributed by atoms with Gasteiger partial charge in [0.05, 0.1) is 6.04 Å². The molecule has 5 nitrogen and oxygen atoms in total. The molecule has 0 spiro atoms. The Balaban J connectivity index is 2.38. The summed E-state index contributed by atoms with van der Waals surface area (Å²) in [5.41, 5.74) is 8.21. The van der Waals surface area contributed by atoms with Crippen molar-refractivity contribution in [2.75, 3.05) is 0 Å². The molecule has 2 heterocycles. The number of imidazole rings is 1. The molecule has 0 fully saturated rings. The molecule has 0 N–H and O–H groups in total. The first kappa shape index (κ1) is 6.24. The minimum absolute atomic E-state index is 0.0463. The highest BCUT2D eigenvalue weighted by Gasteiger charge is 2.21. The van der Waals surface area contributed by atoms with Crippen molar-refractivity contribution in [3.8, 4) is 0 Å². The van der Waals surface area contributed by atoms with E-state index in [0.717, 1.165) is 18.8 Å². The van der Waals surface area contributed by atoms with E-state index in [2.05, 4.69) is 15.0 Å². The van der Waals surface area contributed by atoms with Gasteiger partial charge in [0.2, 0.25) is 0 Å². The fourth-order valence-electron chi connectivity index (χ4n) is 1.37. The van der Waals surface area contributed by atoms with Crippen LogP contribution in [0, 0.1) is 0 Å². The summed E-state index contributed by atoms with van der Waals surface area (Å²) in [6, 6.07) is -0.0463. The average Bonchev–Trinajstić information content (AvgIpc) is 2.53. The van der Waals surface area contributed by atoms with Crippen LogP contribution in [0.25, 0.3) is 10.4 Å². The van der Waals surface area contributed by atoms with Crippen LogP contribution in [-0.4, -0.2) is 9.55 Å². The van der Waals surface area contributed by atoms with E-state index >= 15 is 0 Å². The van der Waals surface area contributed by atoms with Gasteiger partial charge in [-0.05, 0) is 12.0 Å². The Morgan fingerprint density at radius 1 is 1.82 bits per heavy atom. The van der Waals surface area contributed by atoms with Crippen molar-refractivity contribution in [2.24, 2.45) is 5.11 Å². The summed E-state index contributed by atoms with van der Waals surface area (Å²) in [6.45, 7) is 0.916. The number of aromatic nitrogens is 2. The molecule has 0 aromatic carbocycles. The maximum absolute atomic E-state index is 8.21. The van der Waals surface area contributed by atoms with Gasteiger partial charge in [0.1, 0.15) is 5.82 Å². The summed E-state index contributed by atoms with van der Waals surface area (Å²) in [5, 5.41) is 3.63. The molecule has 0 saturated carbocycles. The zero-order valence-electron chi connectivity index (χ0n) is 5.88. The van der Waals surface area contributed by atoms with Crippen molar-refractivity contribution in [1.82, 2.24) is 9.55 Å². The largest absolute Gasteiger partial charge is 0.335 e. The van der Waals surface area contributed by atoms with E-state index in [1.165, 1.54) is 0 Å². The molecular formula is C6H7N5.